The number of rotatable bonds is 3. The van der Waals surface area contributed by atoms with Crippen LogP contribution in [0.25, 0.3) is 5.82 Å². The number of hydrogen-bond donors (Lipinski definition) is 2. The minimum atomic E-state index is -0.0756. The maximum absolute atomic E-state index is 11.9. The quantitative estimate of drug-likeness (QED) is 0.859. The fourth-order valence-electron chi connectivity index (χ4n) is 2.15. The topological polar surface area (TPSA) is 71.8 Å². The van der Waals surface area contributed by atoms with E-state index in [2.05, 4.69) is 20.6 Å². The second-order valence-electron chi connectivity index (χ2n) is 4.51. The van der Waals surface area contributed by atoms with Crippen molar-refractivity contribution in [3.63, 3.8) is 0 Å². The van der Waals surface area contributed by atoms with Crippen molar-refractivity contribution in [3.05, 3.63) is 37.1 Å². The molecule has 1 aliphatic rings. The predicted molar refractivity (Wildman–Crippen MR) is 71.0 cm³/mol. The zero-order chi connectivity index (χ0) is 13.1. The number of carbonyl (C=O) groups is 1. The van der Waals surface area contributed by atoms with Crippen LogP contribution in [0.5, 0.6) is 0 Å². The van der Waals surface area contributed by atoms with Gasteiger partial charge >= 0.3 is 0 Å². The lowest BCUT2D eigenvalue weighted by Crippen LogP contribution is -2.35. The van der Waals surface area contributed by atoms with Crippen LogP contribution in [0.4, 0.5) is 5.69 Å². The van der Waals surface area contributed by atoms with E-state index in [1.54, 1.807) is 18.7 Å². The first-order chi connectivity index (χ1) is 9.33. The molecule has 1 atom stereocenters. The van der Waals surface area contributed by atoms with E-state index in [4.69, 9.17) is 0 Å². The average Bonchev–Trinajstić information content (AvgIpc) is 3.13. The van der Waals surface area contributed by atoms with Gasteiger partial charge in [0.15, 0.2) is 0 Å². The minimum absolute atomic E-state index is 0.00896. The maximum Gasteiger partial charge on any atom is 0.241 e. The van der Waals surface area contributed by atoms with Gasteiger partial charge in [-0.3, -0.25) is 9.36 Å². The van der Waals surface area contributed by atoms with E-state index in [9.17, 15) is 4.79 Å². The number of hydrogen-bond acceptors (Lipinski definition) is 4. The first kappa shape index (κ1) is 11.9. The van der Waals surface area contributed by atoms with Crippen LogP contribution in [0.3, 0.4) is 0 Å². The molecule has 0 unspecified atom stereocenters. The molecule has 1 amide bonds. The lowest BCUT2D eigenvalue weighted by Gasteiger charge is -2.11. The lowest BCUT2D eigenvalue weighted by atomic mass is 10.2. The van der Waals surface area contributed by atoms with Crippen molar-refractivity contribution in [1.82, 2.24) is 19.9 Å². The molecular formula is C13H15N5O. The zero-order valence-corrected chi connectivity index (χ0v) is 10.4. The molecule has 0 bridgehead atoms. The van der Waals surface area contributed by atoms with Crippen LogP contribution in [-0.2, 0) is 4.79 Å². The van der Waals surface area contributed by atoms with Gasteiger partial charge in [0.05, 0.1) is 17.9 Å². The monoisotopic (exact) mass is 257 g/mol. The van der Waals surface area contributed by atoms with Gasteiger partial charge in [-0.05, 0) is 31.5 Å². The van der Waals surface area contributed by atoms with Crippen molar-refractivity contribution in [3.8, 4) is 5.82 Å². The first-order valence-electron chi connectivity index (χ1n) is 6.31. The largest absolute Gasteiger partial charge is 0.323 e. The van der Waals surface area contributed by atoms with Crippen LogP contribution in [0.2, 0.25) is 0 Å². The number of nitrogens with one attached hydrogen (secondary N) is 2. The van der Waals surface area contributed by atoms with Crippen molar-refractivity contribution >= 4 is 11.6 Å². The molecule has 6 nitrogen and oxygen atoms in total. The molecule has 1 aliphatic heterocycles. The number of carbonyl (C=O) groups excluding carboxylic acids is 1. The average molecular weight is 257 g/mol. The third-order valence-electron chi connectivity index (χ3n) is 3.16. The molecule has 3 rings (SSSR count). The third-order valence-corrected chi connectivity index (χ3v) is 3.16. The highest BCUT2D eigenvalue weighted by molar-refractivity contribution is 5.94. The van der Waals surface area contributed by atoms with Crippen molar-refractivity contribution < 1.29 is 4.79 Å². The Morgan fingerprint density at radius 2 is 2.42 bits per heavy atom. The second kappa shape index (κ2) is 5.19. The van der Waals surface area contributed by atoms with Gasteiger partial charge in [0.1, 0.15) is 12.1 Å². The Balaban J connectivity index is 1.67. The molecule has 1 saturated heterocycles. The smallest absolute Gasteiger partial charge is 0.241 e. The molecular weight excluding hydrogens is 242 g/mol. The Bertz CT molecular complexity index is 543. The summed E-state index contributed by atoms with van der Waals surface area (Å²) in [4.78, 5) is 20.2. The third kappa shape index (κ3) is 2.63. The highest BCUT2D eigenvalue weighted by atomic mass is 16.2. The van der Waals surface area contributed by atoms with Gasteiger partial charge in [-0.25, -0.2) is 9.97 Å². The van der Waals surface area contributed by atoms with E-state index < -0.39 is 0 Å². The van der Waals surface area contributed by atoms with Gasteiger partial charge < -0.3 is 10.6 Å². The zero-order valence-electron chi connectivity index (χ0n) is 10.4. The number of amides is 1. The van der Waals surface area contributed by atoms with Crippen LogP contribution in [0.15, 0.2) is 37.1 Å². The Kier molecular flexibility index (Phi) is 3.24. The molecule has 2 aromatic rings. The Hall–Kier alpha value is -2.21. The van der Waals surface area contributed by atoms with E-state index >= 15 is 0 Å². The van der Waals surface area contributed by atoms with Gasteiger partial charge in [-0.1, -0.05) is 0 Å². The van der Waals surface area contributed by atoms with Crippen LogP contribution in [-0.4, -0.2) is 33.0 Å². The number of imidazole rings is 1. The van der Waals surface area contributed by atoms with Gasteiger partial charge in [0.2, 0.25) is 5.91 Å². The molecule has 2 N–H and O–H groups in total. The van der Waals surface area contributed by atoms with Gasteiger partial charge in [0.25, 0.3) is 0 Å². The first-order valence-corrected chi connectivity index (χ1v) is 6.31. The number of aromatic nitrogens is 3. The fraction of sp³-hybridized carbons (Fsp3) is 0.308. The van der Waals surface area contributed by atoms with E-state index in [1.807, 2.05) is 22.9 Å². The summed E-state index contributed by atoms with van der Waals surface area (Å²) in [6, 6.07) is 3.61. The molecule has 1 fully saturated rings. The molecule has 6 heteroatoms. The summed E-state index contributed by atoms with van der Waals surface area (Å²) in [5, 5.41) is 6.03. The normalized spacial score (nSPS) is 18.4. The Morgan fingerprint density at radius 3 is 3.05 bits per heavy atom. The molecule has 0 radical (unpaired) electrons. The SMILES string of the molecule is O=C(Nc1ccc(-n2ccnc2)nc1)[C@@H]1CCCN1. The van der Waals surface area contributed by atoms with Crippen LogP contribution < -0.4 is 10.6 Å². The standard InChI is InChI=1S/C13H15N5O/c19-13(11-2-1-5-15-11)17-10-3-4-12(16-8-10)18-7-6-14-9-18/h3-4,6-9,11,15H,1-2,5H2,(H,17,19)/t11-/m0/s1. The van der Waals surface area contributed by atoms with Gasteiger partial charge in [-0.15, -0.1) is 0 Å². The molecule has 98 valence electrons. The molecule has 3 heterocycles. The van der Waals surface area contributed by atoms with E-state index in [0.29, 0.717) is 5.69 Å². The van der Waals surface area contributed by atoms with E-state index in [1.165, 1.54) is 0 Å². The van der Waals surface area contributed by atoms with E-state index in [-0.39, 0.29) is 11.9 Å². The Morgan fingerprint density at radius 1 is 1.47 bits per heavy atom. The summed E-state index contributed by atoms with van der Waals surface area (Å²) in [5.41, 5.74) is 0.711. The Labute approximate surface area is 110 Å². The van der Waals surface area contributed by atoms with Gasteiger partial charge in [-0.2, -0.15) is 0 Å². The number of pyridine rings is 1. The van der Waals surface area contributed by atoms with Crippen molar-refractivity contribution in [1.29, 1.82) is 0 Å². The van der Waals surface area contributed by atoms with Crippen molar-refractivity contribution in [2.24, 2.45) is 0 Å². The molecule has 19 heavy (non-hydrogen) atoms. The number of nitrogens with zero attached hydrogens (tertiary/aromatic N) is 3. The van der Waals surface area contributed by atoms with Crippen LogP contribution in [0.1, 0.15) is 12.8 Å². The summed E-state index contributed by atoms with van der Waals surface area (Å²) < 4.78 is 1.81. The van der Waals surface area contributed by atoms with Crippen LogP contribution in [0, 0.1) is 0 Å². The minimum Gasteiger partial charge on any atom is -0.323 e. The molecule has 0 aliphatic carbocycles. The summed E-state index contributed by atoms with van der Waals surface area (Å²) in [7, 11) is 0. The maximum atomic E-state index is 11.9. The van der Waals surface area contributed by atoms with Crippen molar-refractivity contribution in [2.45, 2.75) is 18.9 Å². The highest BCUT2D eigenvalue weighted by Crippen LogP contribution is 2.12. The summed E-state index contributed by atoms with van der Waals surface area (Å²) in [6.45, 7) is 0.913. The molecule has 2 aromatic heterocycles. The molecule has 0 aromatic carbocycles. The molecule has 0 spiro atoms. The van der Waals surface area contributed by atoms with E-state index in [0.717, 1.165) is 25.2 Å². The summed E-state index contributed by atoms with van der Waals surface area (Å²) >= 11 is 0. The second-order valence-corrected chi connectivity index (χ2v) is 4.51. The fourth-order valence-corrected chi connectivity index (χ4v) is 2.15. The lowest BCUT2D eigenvalue weighted by molar-refractivity contribution is -0.117. The summed E-state index contributed by atoms with van der Waals surface area (Å²) in [5.74, 6) is 0.782. The summed E-state index contributed by atoms with van der Waals surface area (Å²) in [6.07, 6.45) is 8.81. The van der Waals surface area contributed by atoms with Crippen LogP contribution >= 0.6 is 0 Å². The van der Waals surface area contributed by atoms with Gasteiger partial charge in [0, 0.05) is 12.4 Å². The number of anilines is 1. The highest BCUT2D eigenvalue weighted by Gasteiger charge is 2.21. The molecule has 0 saturated carbocycles. The predicted octanol–water partition coefficient (Wildman–Crippen LogP) is 0.958. The van der Waals surface area contributed by atoms with Crippen molar-refractivity contribution in [2.75, 3.05) is 11.9 Å².